The second-order valence-electron chi connectivity index (χ2n) is 4.20. The number of likely N-dealkylation sites (N-methyl/N-ethyl adjacent to an activating group) is 1. The summed E-state index contributed by atoms with van der Waals surface area (Å²) in [6.45, 7) is 7.25. The molecule has 1 saturated heterocycles. The van der Waals surface area contributed by atoms with E-state index in [1.807, 2.05) is 18.2 Å². The molecule has 1 unspecified atom stereocenters. The van der Waals surface area contributed by atoms with Crippen molar-refractivity contribution < 1.29 is 4.21 Å². The van der Waals surface area contributed by atoms with Gasteiger partial charge in [0.2, 0.25) is 0 Å². The lowest BCUT2D eigenvalue weighted by Gasteiger charge is -2.25. The van der Waals surface area contributed by atoms with Crippen LogP contribution >= 0.6 is 0 Å². The van der Waals surface area contributed by atoms with Gasteiger partial charge in [-0.05, 0) is 33.9 Å². The lowest BCUT2D eigenvalue weighted by atomic mass is 10.4. The Balaban J connectivity index is 2.69. The number of hydrogen-bond acceptors (Lipinski definition) is 3. The Morgan fingerprint density at radius 1 is 1.21 bits per heavy atom. The molecule has 1 rings (SSSR count). The first-order chi connectivity index (χ1) is 6.44. The Morgan fingerprint density at radius 3 is 2.43 bits per heavy atom. The van der Waals surface area contributed by atoms with Crippen molar-refractivity contribution in [2.45, 2.75) is 25.5 Å². The fourth-order valence-corrected chi connectivity index (χ4v) is 2.94. The van der Waals surface area contributed by atoms with Gasteiger partial charge in [0, 0.05) is 19.6 Å². The molecule has 0 aromatic carbocycles. The third kappa shape index (κ3) is 2.68. The van der Waals surface area contributed by atoms with E-state index in [-0.39, 0.29) is 5.25 Å². The van der Waals surface area contributed by atoms with Gasteiger partial charge in [-0.3, -0.25) is 0 Å². The summed E-state index contributed by atoms with van der Waals surface area (Å²) in [6.07, 6.45) is 1.01. The first-order valence-electron chi connectivity index (χ1n) is 5.16. The van der Waals surface area contributed by atoms with E-state index < -0.39 is 9.92 Å². The average Bonchev–Trinajstić information content (AvgIpc) is 2.29. The van der Waals surface area contributed by atoms with Crippen LogP contribution in [0.4, 0.5) is 0 Å². The highest BCUT2D eigenvalue weighted by Crippen LogP contribution is 2.12. The zero-order valence-electron chi connectivity index (χ0n) is 9.32. The maximum Gasteiger partial charge on any atom is 0.110 e. The van der Waals surface area contributed by atoms with E-state index in [0.717, 1.165) is 32.6 Å². The van der Waals surface area contributed by atoms with Crippen LogP contribution < -0.4 is 0 Å². The maximum absolute atomic E-state index is 12.1. The third-order valence-corrected chi connectivity index (χ3v) is 5.11. The Kier molecular flexibility index (Phi) is 3.92. The Labute approximate surface area is 87.4 Å². The van der Waals surface area contributed by atoms with Crippen molar-refractivity contribution >= 4 is 9.92 Å². The molecule has 0 radical (unpaired) electrons. The van der Waals surface area contributed by atoms with E-state index in [2.05, 4.69) is 11.9 Å². The molecular formula is C9H21N3OS. The van der Waals surface area contributed by atoms with Gasteiger partial charge in [-0.25, -0.2) is 13.3 Å². The molecule has 4 nitrogen and oxygen atoms in total. The number of rotatable bonds is 2. The van der Waals surface area contributed by atoms with E-state index in [1.165, 1.54) is 0 Å². The summed E-state index contributed by atoms with van der Waals surface area (Å²) in [5.74, 6) is 0. The minimum atomic E-state index is -2.54. The topological polar surface area (TPSA) is 47.4 Å². The standard InChI is InChI=1S/C9H21N3OS/c1-9(2)14(10,13)12-6-4-5-11(3)7-8-12/h9-10H,4-8H2,1-3H3. The summed E-state index contributed by atoms with van der Waals surface area (Å²) in [5, 5.41) is -0.0779. The molecule has 84 valence electrons. The summed E-state index contributed by atoms with van der Waals surface area (Å²) < 4.78 is 21.8. The van der Waals surface area contributed by atoms with Crippen LogP contribution in [-0.2, 0) is 9.92 Å². The van der Waals surface area contributed by atoms with Crippen molar-refractivity contribution in [1.29, 1.82) is 4.78 Å². The number of hydrogen-bond donors (Lipinski definition) is 1. The van der Waals surface area contributed by atoms with Crippen molar-refractivity contribution in [1.82, 2.24) is 9.21 Å². The van der Waals surface area contributed by atoms with Gasteiger partial charge in [0.15, 0.2) is 0 Å². The van der Waals surface area contributed by atoms with Crippen molar-refractivity contribution in [2.75, 3.05) is 33.2 Å². The second-order valence-corrected chi connectivity index (χ2v) is 6.80. The van der Waals surface area contributed by atoms with Crippen LogP contribution in [0.25, 0.3) is 0 Å². The molecule has 0 spiro atoms. The van der Waals surface area contributed by atoms with E-state index in [0.29, 0.717) is 0 Å². The molecular weight excluding hydrogens is 198 g/mol. The van der Waals surface area contributed by atoms with Crippen molar-refractivity contribution in [3.63, 3.8) is 0 Å². The van der Waals surface area contributed by atoms with Gasteiger partial charge in [0.1, 0.15) is 9.92 Å². The Hall–Kier alpha value is -0.130. The molecule has 0 aromatic rings. The van der Waals surface area contributed by atoms with E-state index >= 15 is 0 Å². The zero-order chi connectivity index (χ0) is 10.8. The van der Waals surface area contributed by atoms with Crippen LogP contribution in [0.1, 0.15) is 20.3 Å². The molecule has 1 fully saturated rings. The lowest BCUT2D eigenvalue weighted by Crippen LogP contribution is -2.37. The highest BCUT2D eigenvalue weighted by Gasteiger charge is 2.23. The van der Waals surface area contributed by atoms with E-state index in [9.17, 15) is 4.21 Å². The SMILES string of the molecule is CC(C)S(=N)(=O)N1CCCN(C)CC1. The van der Waals surface area contributed by atoms with Gasteiger partial charge in [0.25, 0.3) is 0 Å². The molecule has 5 heteroatoms. The molecule has 0 saturated carbocycles. The van der Waals surface area contributed by atoms with Crippen LogP contribution in [0.15, 0.2) is 0 Å². The van der Waals surface area contributed by atoms with Gasteiger partial charge in [-0.15, -0.1) is 0 Å². The molecule has 1 aliphatic rings. The van der Waals surface area contributed by atoms with Gasteiger partial charge >= 0.3 is 0 Å². The van der Waals surface area contributed by atoms with Gasteiger partial charge in [-0.2, -0.15) is 0 Å². The van der Waals surface area contributed by atoms with Crippen molar-refractivity contribution in [3.05, 3.63) is 0 Å². The molecule has 0 amide bonds. The van der Waals surface area contributed by atoms with Crippen LogP contribution in [0.2, 0.25) is 0 Å². The molecule has 0 bridgehead atoms. The molecule has 1 atom stereocenters. The van der Waals surface area contributed by atoms with Crippen LogP contribution in [0, 0.1) is 4.78 Å². The van der Waals surface area contributed by atoms with Crippen LogP contribution in [0.3, 0.4) is 0 Å². The summed E-state index contributed by atoms with van der Waals surface area (Å²) in [7, 11) is -0.466. The van der Waals surface area contributed by atoms with E-state index in [1.54, 1.807) is 0 Å². The van der Waals surface area contributed by atoms with Crippen LogP contribution in [-0.4, -0.2) is 51.9 Å². The smallest absolute Gasteiger partial charge is 0.110 e. The molecule has 14 heavy (non-hydrogen) atoms. The average molecular weight is 219 g/mol. The minimum Gasteiger partial charge on any atom is -0.305 e. The fourth-order valence-electron chi connectivity index (χ4n) is 1.59. The van der Waals surface area contributed by atoms with Crippen molar-refractivity contribution in [3.8, 4) is 0 Å². The second kappa shape index (κ2) is 4.59. The quantitative estimate of drug-likeness (QED) is 0.753. The van der Waals surface area contributed by atoms with Gasteiger partial charge in [0.05, 0.1) is 5.25 Å². The largest absolute Gasteiger partial charge is 0.305 e. The fraction of sp³-hybridized carbons (Fsp3) is 1.00. The first kappa shape index (κ1) is 11.9. The molecule has 1 heterocycles. The van der Waals surface area contributed by atoms with Crippen molar-refractivity contribution in [2.24, 2.45) is 0 Å². The lowest BCUT2D eigenvalue weighted by molar-refractivity contribution is 0.349. The van der Waals surface area contributed by atoms with Crippen LogP contribution in [0.5, 0.6) is 0 Å². The monoisotopic (exact) mass is 219 g/mol. The zero-order valence-corrected chi connectivity index (χ0v) is 10.1. The summed E-state index contributed by atoms with van der Waals surface area (Å²) in [4.78, 5) is 2.23. The van der Waals surface area contributed by atoms with Gasteiger partial charge in [-0.1, -0.05) is 0 Å². The highest BCUT2D eigenvalue weighted by molar-refractivity contribution is 7.90. The first-order valence-corrected chi connectivity index (χ1v) is 6.73. The normalized spacial score (nSPS) is 26.0. The summed E-state index contributed by atoms with van der Waals surface area (Å²) in [5.41, 5.74) is 0. The predicted octanol–water partition coefficient (Wildman–Crippen LogP) is 0.994. The number of nitrogens with one attached hydrogen (secondary N) is 1. The summed E-state index contributed by atoms with van der Waals surface area (Å²) >= 11 is 0. The Morgan fingerprint density at radius 2 is 1.86 bits per heavy atom. The molecule has 0 aliphatic carbocycles. The molecule has 0 aromatic heterocycles. The van der Waals surface area contributed by atoms with Gasteiger partial charge < -0.3 is 4.90 Å². The summed E-state index contributed by atoms with van der Waals surface area (Å²) in [6, 6.07) is 0. The molecule has 1 N–H and O–H groups in total. The predicted molar refractivity (Wildman–Crippen MR) is 59.7 cm³/mol. The minimum absolute atomic E-state index is 0.0779. The number of nitrogens with zero attached hydrogens (tertiary/aromatic N) is 2. The molecule has 1 aliphatic heterocycles. The maximum atomic E-state index is 12.1. The highest BCUT2D eigenvalue weighted by atomic mass is 32.2. The Bertz CT molecular complexity index is 274. The van der Waals surface area contributed by atoms with E-state index in [4.69, 9.17) is 4.78 Å². The third-order valence-electron chi connectivity index (χ3n) is 2.70.